The second kappa shape index (κ2) is 7.15. The Labute approximate surface area is 130 Å². The van der Waals surface area contributed by atoms with Crippen LogP contribution in [-0.4, -0.2) is 37.7 Å². The van der Waals surface area contributed by atoms with Crippen LogP contribution in [0.15, 0.2) is 6.07 Å². The Bertz CT molecular complexity index is 525. The average Bonchev–Trinajstić information content (AvgIpc) is 2.32. The van der Waals surface area contributed by atoms with Crippen molar-refractivity contribution in [1.29, 1.82) is 0 Å². The Kier molecular flexibility index (Phi) is 6.06. The van der Waals surface area contributed by atoms with Gasteiger partial charge in [-0.1, -0.05) is 31.2 Å². The number of aromatic hydroxyl groups is 1. The maximum absolute atomic E-state index is 11.0. The lowest BCUT2D eigenvalue weighted by atomic mass is 10.1. The third-order valence-electron chi connectivity index (χ3n) is 2.95. The minimum atomic E-state index is -1.23. The highest BCUT2D eigenvalue weighted by Gasteiger charge is 2.19. The highest BCUT2D eigenvalue weighted by atomic mass is 35.5. The lowest BCUT2D eigenvalue weighted by Gasteiger charge is -2.16. The number of rotatable bonds is 7. The zero-order valence-corrected chi connectivity index (χ0v) is 14.5. The van der Waals surface area contributed by atoms with Crippen LogP contribution in [0.4, 0.5) is 0 Å². The number of benzene rings is 1. The van der Waals surface area contributed by atoms with Crippen molar-refractivity contribution in [1.82, 2.24) is 0 Å². The minimum absolute atomic E-state index is 0.00942. The summed E-state index contributed by atoms with van der Waals surface area (Å²) in [5.74, 6) is -1.39. The van der Waals surface area contributed by atoms with E-state index in [0.29, 0.717) is 6.61 Å². The molecule has 0 radical (unpaired) electrons. The van der Waals surface area contributed by atoms with Gasteiger partial charge in [0.25, 0.3) is 0 Å². The summed E-state index contributed by atoms with van der Waals surface area (Å²) >= 11 is 6.05. The van der Waals surface area contributed by atoms with E-state index in [1.54, 1.807) is 0 Å². The van der Waals surface area contributed by atoms with E-state index in [2.05, 4.69) is 19.6 Å². The second-order valence-corrected chi connectivity index (χ2v) is 12.0. The summed E-state index contributed by atoms with van der Waals surface area (Å²) in [5.41, 5.74) is 0.0493. The summed E-state index contributed by atoms with van der Waals surface area (Å²) in [7, 11) is -1.15. The van der Waals surface area contributed by atoms with E-state index >= 15 is 0 Å². The van der Waals surface area contributed by atoms with Gasteiger partial charge in [0.1, 0.15) is 17.1 Å². The van der Waals surface area contributed by atoms with Gasteiger partial charge in [-0.25, -0.2) is 4.79 Å². The predicted molar refractivity (Wildman–Crippen MR) is 84.4 cm³/mol. The summed E-state index contributed by atoms with van der Waals surface area (Å²) in [5, 5.41) is 18.9. The monoisotopic (exact) mass is 332 g/mol. The molecule has 1 aromatic rings. The van der Waals surface area contributed by atoms with Gasteiger partial charge in [0.15, 0.2) is 6.79 Å². The van der Waals surface area contributed by atoms with Gasteiger partial charge in [0.05, 0.1) is 5.02 Å². The number of carbonyl (C=O) groups is 1. The first kappa shape index (κ1) is 17.8. The van der Waals surface area contributed by atoms with Crippen LogP contribution in [0.25, 0.3) is 0 Å². The standard InChI is InChI=1S/C14H21ClO5Si/c1-9-12(14(17)18)10(16)7-11(13(9)15)20-8-19-5-6-21(2,3)4/h7,16H,5-6,8H2,1-4H3,(H,17,18). The fraction of sp³-hybridized carbons (Fsp3) is 0.500. The van der Waals surface area contributed by atoms with Crippen LogP contribution < -0.4 is 4.74 Å². The van der Waals surface area contributed by atoms with E-state index in [0.717, 1.165) is 6.04 Å². The summed E-state index contributed by atoms with van der Waals surface area (Å²) in [6.07, 6.45) is 0. The Balaban J connectivity index is 2.67. The van der Waals surface area contributed by atoms with Crippen molar-refractivity contribution in [2.24, 2.45) is 0 Å². The van der Waals surface area contributed by atoms with Crippen LogP contribution in [0.1, 0.15) is 15.9 Å². The molecular weight excluding hydrogens is 312 g/mol. The second-order valence-electron chi connectivity index (χ2n) is 5.99. The first-order valence-corrected chi connectivity index (χ1v) is 10.7. The Morgan fingerprint density at radius 1 is 1.38 bits per heavy atom. The summed E-state index contributed by atoms with van der Waals surface area (Å²) in [6, 6.07) is 2.22. The third-order valence-corrected chi connectivity index (χ3v) is 5.13. The van der Waals surface area contributed by atoms with Gasteiger partial charge in [0, 0.05) is 20.7 Å². The van der Waals surface area contributed by atoms with Crippen LogP contribution in [-0.2, 0) is 4.74 Å². The predicted octanol–water partition coefficient (Wildman–Crippen LogP) is 3.74. The van der Waals surface area contributed by atoms with Gasteiger partial charge in [0.2, 0.25) is 0 Å². The molecule has 5 nitrogen and oxygen atoms in total. The zero-order chi connectivity index (χ0) is 16.2. The van der Waals surface area contributed by atoms with Gasteiger partial charge in [-0.2, -0.15) is 0 Å². The smallest absolute Gasteiger partial charge is 0.339 e. The molecule has 0 aliphatic heterocycles. The molecule has 0 saturated heterocycles. The molecule has 0 aromatic heterocycles. The molecule has 0 heterocycles. The topological polar surface area (TPSA) is 76.0 Å². The molecule has 0 aliphatic carbocycles. The Hall–Kier alpha value is -1.24. The van der Waals surface area contributed by atoms with E-state index in [9.17, 15) is 9.90 Å². The van der Waals surface area contributed by atoms with Crippen molar-refractivity contribution >= 4 is 25.6 Å². The quantitative estimate of drug-likeness (QED) is 0.452. The maximum Gasteiger partial charge on any atom is 0.339 e. The number of carboxylic acids is 1. The zero-order valence-electron chi connectivity index (χ0n) is 12.7. The summed E-state index contributed by atoms with van der Waals surface area (Å²) in [6.45, 7) is 8.88. The first-order valence-electron chi connectivity index (χ1n) is 6.59. The summed E-state index contributed by atoms with van der Waals surface area (Å²) < 4.78 is 10.7. The van der Waals surface area contributed by atoms with Crippen molar-refractivity contribution in [3.05, 3.63) is 22.2 Å². The van der Waals surface area contributed by atoms with Crippen molar-refractivity contribution in [2.45, 2.75) is 32.6 Å². The highest BCUT2D eigenvalue weighted by Crippen LogP contribution is 2.36. The summed E-state index contributed by atoms with van der Waals surface area (Å²) in [4.78, 5) is 11.0. The third kappa shape index (κ3) is 5.22. The fourth-order valence-electron chi connectivity index (χ4n) is 1.66. The molecule has 0 saturated carbocycles. The number of aromatic carboxylic acids is 1. The number of phenols is 1. The largest absolute Gasteiger partial charge is 0.507 e. The van der Waals surface area contributed by atoms with E-state index in [-0.39, 0.29) is 34.4 Å². The van der Waals surface area contributed by atoms with E-state index in [4.69, 9.17) is 26.2 Å². The van der Waals surface area contributed by atoms with Crippen LogP contribution in [0.2, 0.25) is 30.7 Å². The van der Waals surface area contributed by atoms with Crippen LogP contribution in [0.3, 0.4) is 0 Å². The van der Waals surface area contributed by atoms with E-state index < -0.39 is 14.0 Å². The Morgan fingerprint density at radius 3 is 2.52 bits per heavy atom. The van der Waals surface area contributed by atoms with Crippen molar-refractivity contribution < 1.29 is 24.5 Å². The number of hydrogen-bond donors (Lipinski definition) is 2. The highest BCUT2D eigenvalue weighted by molar-refractivity contribution is 6.76. The minimum Gasteiger partial charge on any atom is -0.507 e. The van der Waals surface area contributed by atoms with Crippen LogP contribution in [0.5, 0.6) is 11.5 Å². The fourth-order valence-corrected chi connectivity index (χ4v) is 2.62. The van der Waals surface area contributed by atoms with Gasteiger partial charge in [-0.3, -0.25) is 0 Å². The number of halogens is 1. The first-order chi connectivity index (χ1) is 9.63. The molecule has 0 amide bonds. The van der Waals surface area contributed by atoms with Gasteiger partial charge in [-0.15, -0.1) is 0 Å². The number of hydrogen-bond acceptors (Lipinski definition) is 4. The van der Waals surface area contributed by atoms with Gasteiger partial charge in [-0.05, 0) is 18.5 Å². The van der Waals surface area contributed by atoms with Crippen molar-refractivity contribution in [3.63, 3.8) is 0 Å². The normalized spacial score (nSPS) is 11.5. The molecule has 2 N–H and O–H groups in total. The van der Waals surface area contributed by atoms with Gasteiger partial charge < -0.3 is 19.7 Å². The molecule has 0 aliphatic rings. The molecule has 0 spiro atoms. The molecule has 1 aromatic carbocycles. The molecule has 0 bridgehead atoms. The molecule has 1 rings (SSSR count). The average molecular weight is 333 g/mol. The number of carboxylic acid groups (broad SMARTS) is 1. The molecule has 7 heteroatoms. The molecule has 118 valence electrons. The van der Waals surface area contributed by atoms with E-state index in [1.165, 1.54) is 13.0 Å². The molecule has 0 fully saturated rings. The SMILES string of the molecule is Cc1c(Cl)c(OCOCC[Si](C)(C)C)cc(O)c1C(=O)O. The van der Waals surface area contributed by atoms with E-state index in [1.807, 2.05) is 0 Å². The van der Waals surface area contributed by atoms with Crippen molar-refractivity contribution in [3.8, 4) is 11.5 Å². The molecule has 21 heavy (non-hydrogen) atoms. The van der Waals surface area contributed by atoms with Crippen LogP contribution >= 0.6 is 11.6 Å². The van der Waals surface area contributed by atoms with Crippen LogP contribution in [0, 0.1) is 6.92 Å². The number of ether oxygens (including phenoxy) is 2. The lowest BCUT2D eigenvalue weighted by molar-refractivity contribution is 0.0220. The maximum atomic E-state index is 11.0. The van der Waals surface area contributed by atoms with Gasteiger partial charge >= 0.3 is 5.97 Å². The lowest BCUT2D eigenvalue weighted by Crippen LogP contribution is -2.22. The molecule has 0 unspecified atom stereocenters. The Morgan fingerprint density at radius 2 is 2.00 bits per heavy atom. The van der Waals surface area contributed by atoms with Crippen molar-refractivity contribution in [2.75, 3.05) is 13.4 Å². The molecule has 0 atom stereocenters. The molecular formula is C14H21ClO5Si.